The van der Waals surface area contributed by atoms with E-state index in [-0.39, 0.29) is 18.1 Å². The average molecular weight is 604 g/mol. The fourth-order valence-electron chi connectivity index (χ4n) is 3.71. The minimum Gasteiger partial charge on any atom is -0.490 e. The molecular weight excluding hydrogens is 580 g/mol. The highest BCUT2D eigenvalue weighted by Gasteiger charge is 2.26. The first kappa shape index (κ1) is 27.0. The molecule has 0 saturated carbocycles. The maximum atomic E-state index is 11.7. The number of hydrogen-bond acceptors (Lipinski definition) is 7. The zero-order valence-electron chi connectivity index (χ0n) is 20.1. The zero-order chi connectivity index (χ0) is 26.4. The van der Waals surface area contributed by atoms with Crippen LogP contribution < -0.4 is 9.47 Å². The van der Waals surface area contributed by atoms with Crippen molar-refractivity contribution in [2.75, 3.05) is 13.2 Å². The Hall–Kier alpha value is -3.08. The van der Waals surface area contributed by atoms with Crippen LogP contribution in [0, 0.1) is 17.0 Å². The first-order valence-corrected chi connectivity index (χ1v) is 13.5. The molecule has 0 amide bonds. The van der Waals surface area contributed by atoms with Crippen molar-refractivity contribution in [1.82, 2.24) is 14.8 Å². The normalized spacial score (nSPS) is 11.8. The lowest BCUT2D eigenvalue weighted by Crippen LogP contribution is -2.12. The van der Waals surface area contributed by atoms with E-state index in [4.69, 9.17) is 21.1 Å². The Morgan fingerprint density at radius 3 is 2.54 bits per heavy atom. The highest BCUT2D eigenvalue weighted by molar-refractivity contribution is 9.10. The smallest absolute Gasteiger partial charge is 0.220 e. The van der Waals surface area contributed by atoms with Crippen molar-refractivity contribution in [3.8, 4) is 17.2 Å². The van der Waals surface area contributed by atoms with Crippen molar-refractivity contribution in [2.24, 2.45) is 0 Å². The Morgan fingerprint density at radius 1 is 1.11 bits per heavy atom. The minimum atomic E-state index is -0.561. The van der Waals surface area contributed by atoms with E-state index in [1.54, 1.807) is 12.1 Å². The molecule has 0 saturated heterocycles. The van der Waals surface area contributed by atoms with Crippen LogP contribution >= 0.6 is 39.3 Å². The molecule has 0 aliphatic heterocycles. The van der Waals surface area contributed by atoms with Crippen molar-refractivity contribution in [2.45, 2.75) is 30.9 Å². The van der Waals surface area contributed by atoms with Gasteiger partial charge in [0.15, 0.2) is 16.7 Å². The van der Waals surface area contributed by atoms with Gasteiger partial charge < -0.3 is 9.47 Å². The number of ether oxygens (including phenoxy) is 2. The first-order valence-electron chi connectivity index (χ1n) is 11.5. The minimum absolute atomic E-state index is 0.240. The second kappa shape index (κ2) is 12.4. The molecule has 0 unspecified atom stereocenters. The largest absolute Gasteiger partial charge is 0.490 e. The molecule has 0 spiro atoms. The number of aryl methyl sites for hydroxylation is 1. The summed E-state index contributed by atoms with van der Waals surface area (Å²) in [7, 11) is 0. The number of rotatable bonds is 11. The average Bonchev–Trinajstić information content (AvgIpc) is 3.24. The summed E-state index contributed by atoms with van der Waals surface area (Å²) in [6.45, 7) is 4.04. The summed E-state index contributed by atoms with van der Waals surface area (Å²) in [6, 6.07) is 20.7. The lowest BCUT2D eigenvalue weighted by Gasteiger charge is -2.19. The predicted molar refractivity (Wildman–Crippen MR) is 148 cm³/mol. The van der Waals surface area contributed by atoms with Gasteiger partial charge >= 0.3 is 0 Å². The van der Waals surface area contributed by atoms with Crippen molar-refractivity contribution in [1.29, 1.82) is 0 Å². The number of halogens is 2. The Bertz CT molecular complexity index is 1390. The van der Waals surface area contributed by atoms with Crippen LogP contribution in [0.2, 0.25) is 5.02 Å². The first-order chi connectivity index (χ1) is 17.9. The Kier molecular flexibility index (Phi) is 9.07. The molecule has 192 valence electrons. The molecule has 0 bridgehead atoms. The SMILES string of the molecule is CCOc1cc([C@H](C[N+](=O)[O-])Sc2nnc(C)n2-c2ccccc2)cc(Br)c1OCc1ccccc1Cl. The Morgan fingerprint density at radius 2 is 1.84 bits per heavy atom. The van der Waals surface area contributed by atoms with Crippen LogP contribution in [0.25, 0.3) is 5.69 Å². The van der Waals surface area contributed by atoms with Gasteiger partial charge in [-0.25, -0.2) is 0 Å². The monoisotopic (exact) mass is 602 g/mol. The van der Waals surface area contributed by atoms with Gasteiger partial charge in [0.1, 0.15) is 17.7 Å². The van der Waals surface area contributed by atoms with Crippen molar-refractivity contribution >= 4 is 39.3 Å². The standard InChI is InChI=1S/C26H24BrClN4O4S/c1-3-35-23-14-19(13-21(27)25(23)36-16-18-9-7-8-12-22(18)28)24(15-31(33)34)37-26-30-29-17(2)32(26)20-10-5-4-6-11-20/h4-14,24H,3,15-16H2,1-2H3/t24-/m0/s1. The van der Waals surface area contributed by atoms with Crippen LogP contribution in [-0.4, -0.2) is 32.8 Å². The quantitative estimate of drug-likeness (QED) is 0.103. The number of nitrogens with zero attached hydrogens (tertiary/aromatic N) is 4. The van der Waals surface area contributed by atoms with Crippen LogP contribution in [0.3, 0.4) is 0 Å². The van der Waals surface area contributed by atoms with Crippen LogP contribution in [0.1, 0.15) is 29.1 Å². The Labute approximate surface area is 232 Å². The number of thioether (sulfide) groups is 1. The number of nitro groups is 1. The summed E-state index contributed by atoms with van der Waals surface area (Å²) in [5.74, 6) is 1.67. The van der Waals surface area contributed by atoms with Gasteiger partial charge in [-0.3, -0.25) is 14.7 Å². The van der Waals surface area contributed by atoms with E-state index in [2.05, 4.69) is 26.1 Å². The maximum Gasteiger partial charge on any atom is 0.220 e. The van der Waals surface area contributed by atoms with Crippen LogP contribution in [0.15, 0.2) is 76.4 Å². The third kappa shape index (κ3) is 6.63. The third-order valence-electron chi connectivity index (χ3n) is 5.41. The van der Waals surface area contributed by atoms with E-state index in [0.29, 0.717) is 44.1 Å². The molecule has 37 heavy (non-hydrogen) atoms. The molecule has 1 atom stereocenters. The number of para-hydroxylation sites is 1. The molecule has 3 aromatic carbocycles. The van der Waals surface area contributed by atoms with Crippen molar-refractivity contribution in [3.05, 3.63) is 103 Å². The second-order valence-electron chi connectivity index (χ2n) is 7.97. The molecule has 1 aromatic heterocycles. The molecule has 0 radical (unpaired) electrons. The maximum absolute atomic E-state index is 11.7. The second-order valence-corrected chi connectivity index (χ2v) is 10.4. The van der Waals surface area contributed by atoms with Crippen molar-refractivity contribution in [3.63, 3.8) is 0 Å². The van der Waals surface area contributed by atoms with Gasteiger partial charge in [0.25, 0.3) is 0 Å². The number of hydrogen-bond donors (Lipinski definition) is 0. The molecule has 11 heteroatoms. The fraction of sp³-hybridized carbons (Fsp3) is 0.231. The van der Waals surface area contributed by atoms with E-state index in [1.165, 1.54) is 11.8 Å². The van der Waals surface area contributed by atoms with Crippen LogP contribution in [0.5, 0.6) is 11.5 Å². The van der Waals surface area contributed by atoms with Gasteiger partial charge in [-0.2, -0.15) is 0 Å². The summed E-state index contributed by atoms with van der Waals surface area (Å²) in [5, 5.41) is 20.8. The number of benzene rings is 3. The molecule has 4 aromatic rings. The summed E-state index contributed by atoms with van der Waals surface area (Å²) in [4.78, 5) is 11.3. The Balaban J connectivity index is 1.67. The molecule has 0 fully saturated rings. The van der Waals surface area contributed by atoms with E-state index in [1.807, 2.05) is 73.0 Å². The fourth-order valence-corrected chi connectivity index (χ4v) is 5.63. The van der Waals surface area contributed by atoms with E-state index < -0.39 is 5.25 Å². The van der Waals surface area contributed by atoms with Crippen LogP contribution in [-0.2, 0) is 6.61 Å². The van der Waals surface area contributed by atoms with Crippen molar-refractivity contribution < 1.29 is 14.4 Å². The highest BCUT2D eigenvalue weighted by atomic mass is 79.9. The van der Waals surface area contributed by atoms with Gasteiger partial charge in [0.2, 0.25) is 6.54 Å². The molecule has 0 N–H and O–H groups in total. The zero-order valence-corrected chi connectivity index (χ0v) is 23.3. The molecule has 8 nitrogen and oxygen atoms in total. The molecule has 4 rings (SSSR count). The van der Waals surface area contributed by atoms with Gasteiger partial charge in [-0.1, -0.05) is 59.8 Å². The molecule has 1 heterocycles. The summed E-state index contributed by atoms with van der Waals surface area (Å²) in [5.41, 5.74) is 2.41. The third-order valence-corrected chi connectivity index (χ3v) is 7.54. The van der Waals surface area contributed by atoms with Gasteiger partial charge in [-0.05, 0) is 65.7 Å². The van der Waals surface area contributed by atoms with E-state index in [9.17, 15) is 10.1 Å². The molecule has 0 aliphatic rings. The van der Waals surface area contributed by atoms with Gasteiger partial charge in [0.05, 0.1) is 11.1 Å². The lowest BCUT2D eigenvalue weighted by atomic mass is 10.1. The molecular formula is C26H24BrClN4O4S. The van der Waals surface area contributed by atoms with E-state index >= 15 is 0 Å². The van der Waals surface area contributed by atoms with Gasteiger partial charge in [0, 0.05) is 21.2 Å². The number of aromatic nitrogens is 3. The van der Waals surface area contributed by atoms with Crippen LogP contribution in [0.4, 0.5) is 0 Å². The van der Waals surface area contributed by atoms with E-state index in [0.717, 1.165) is 11.3 Å². The summed E-state index contributed by atoms with van der Waals surface area (Å²) in [6.07, 6.45) is 0. The predicted octanol–water partition coefficient (Wildman–Crippen LogP) is 7.08. The lowest BCUT2D eigenvalue weighted by molar-refractivity contribution is -0.479. The van der Waals surface area contributed by atoms with Gasteiger partial charge in [-0.15, -0.1) is 10.2 Å². The molecule has 0 aliphatic carbocycles. The topological polar surface area (TPSA) is 92.3 Å². The summed E-state index contributed by atoms with van der Waals surface area (Å²) < 4.78 is 14.5. The summed E-state index contributed by atoms with van der Waals surface area (Å²) >= 11 is 11.1. The highest BCUT2D eigenvalue weighted by Crippen LogP contribution is 2.43.